The van der Waals surface area contributed by atoms with Crippen LogP contribution in [0, 0.1) is 5.92 Å². The fourth-order valence-electron chi connectivity index (χ4n) is 2.64. The van der Waals surface area contributed by atoms with Gasteiger partial charge >= 0.3 is 5.97 Å². The molecule has 1 unspecified atom stereocenters. The summed E-state index contributed by atoms with van der Waals surface area (Å²) in [5.41, 5.74) is 0.957. The largest absolute Gasteiger partial charge is 0.481 e. The first kappa shape index (κ1) is 13.0. The zero-order chi connectivity index (χ0) is 13.2. The molecule has 0 radical (unpaired) electrons. The van der Waals surface area contributed by atoms with Crippen LogP contribution in [0.2, 0.25) is 0 Å². The van der Waals surface area contributed by atoms with Crippen LogP contribution in [-0.2, 0) is 11.3 Å². The molecular formula is C14H20N2O2. The molecule has 18 heavy (non-hydrogen) atoms. The molecule has 0 saturated carbocycles. The summed E-state index contributed by atoms with van der Waals surface area (Å²) < 4.78 is 0. The molecule has 1 saturated heterocycles. The number of rotatable bonds is 3. The van der Waals surface area contributed by atoms with Crippen LogP contribution in [0.1, 0.15) is 32.4 Å². The van der Waals surface area contributed by atoms with E-state index in [1.54, 1.807) is 6.20 Å². The zero-order valence-corrected chi connectivity index (χ0v) is 11.0. The number of pyridine rings is 1. The van der Waals surface area contributed by atoms with Crippen LogP contribution in [-0.4, -0.2) is 33.0 Å². The van der Waals surface area contributed by atoms with Crippen LogP contribution in [0.3, 0.4) is 0 Å². The summed E-state index contributed by atoms with van der Waals surface area (Å²) in [5.74, 6) is -0.874. The van der Waals surface area contributed by atoms with Crippen molar-refractivity contribution in [1.82, 2.24) is 9.88 Å². The second kappa shape index (κ2) is 5.06. The number of hydrogen-bond acceptors (Lipinski definition) is 3. The van der Waals surface area contributed by atoms with Crippen molar-refractivity contribution in [3.05, 3.63) is 30.1 Å². The number of carboxylic acid groups (broad SMARTS) is 1. The molecule has 1 fully saturated rings. The molecule has 1 aliphatic heterocycles. The first-order valence-electron chi connectivity index (χ1n) is 6.37. The van der Waals surface area contributed by atoms with Crippen LogP contribution in [0.5, 0.6) is 0 Å². The molecule has 1 aliphatic rings. The summed E-state index contributed by atoms with van der Waals surface area (Å²) >= 11 is 0. The highest BCUT2D eigenvalue weighted by molar-refractivity contribution is 5.70. The fourth-order valence-corrected chi connectivity index (χ4v) is 2.64. The number of piperidine rings is 1. The van der Waals surface area contributed by atoms with Crippen LogP contribution in [0.4, 0.5) is 0 Å². The standard InChI is InChI=1S/C14H20N2O2/c1-14(2)9-11(13(17)18)6-8-16(14)10-12-5-3-4-7-15-12/h3-5,7,11H,6,8-10H2,1-2H3,(H,17,18). The lowest BCUT2D eigenvalue weighted by Crippen LogP contribution is -2.50. The third-order valence-electron chi connectivity index (χ3n) is 3.78. The quantitative estimate of drug-likeness (QED) is 0.890. The Morgan fingerprint density at radius 2 is 2.33 bits per heavy atom. The van der Waals surface area contributed by atoms with E-state index in [0.29, 0.717) is 6.42 Å². The van der Waals surface area contributed by atoms with Crippen molar-refractivity contribution < 1.29 is 9.90 Å². The SMILES string of the molecule is CC1(C)CC(C(=O)O)CCN1Cc1ccccn1. The van der Waals surface area contributed by atoms with E-state index in [9.17, 15) is 4.79 Å². The maximum absolute atomic E-state index is 11.1. The van der Waals surface area contributed by atoms with Gasteiger partial charge in [-0.05, 0) is 45.4 Å². The molecule has 0 spiro atoms. The number of nitrogens with zero attached hydrogens (tertiary/aromatic N) is 2. The van der Waals surface area contributed by atoms with Gasteiger partial charge in [0.25, 0.3) is 0 Å². The molecule has 0 amide bonds. The average molecular weight is 248 g/mol. The number of hydrogen-bond donors (Lipinski definition) is 1. The van der Waals surface area contributed by atoms with Gasteiger partial charge in [-0.3, -0.25) is 14.7 Å². The lowest BCUT2D eigenvalue weighted by atomic mass is 9.82. The minimum Gasteiger partial charge on any atom is -0.481 e. The summed E-state index contributed by atoms with van der Waals surface area (Å²) in [7, 11) is 0. The van der Waals surface area contributed by atoms with Crippen LogP contribution in [0.15, 0.2) is 24.4 Å². The van der Waals surface area contributed by atoms with Gasteiger partial charge in [0.2, 0.25) is 0 Å². The molecule has 4 nitrogen and oxygen atoms in total. The van der Waals surface area contributed by atoms with Gasteiger partial charge < -0.3 is 5.11 Å². The van der Waals surface area contributed by atoms with Crippen molar-refractivity contribution in [2.24, 2.45) is 5.92 Å². The first-order valence-corrected chi connectivity index (χ1v) is 6.37. The van der Waals surface area contributed by atoms with E-state index in [0.717, 1.165) is 25.2 Å². The number of carboxylic acids is 1. The van der Waals surface area contributed by atoms with Gasteiger partial charge in [-0.2, -0.15) is 0 Å². The van der Waals surface area contributed by atoms with Crippen molar-refractivity contribution >= 4 is 5.97 Å². The molecule has 1 aromatic heterocycles. The number of aliphatic carboxylic acids is 1. The van der Waals surface area contributed by atoms with E-state index in [1.165, 1.54) is 0 Å². The van der Waals surface area contributed by atoms with Crippen molar-refractivity contribution in [1.29, 1.82) is 0 Å². The molecule has 2 rings (SSSR count). The molecule has 0 aliphatic carbocycles. The summed E-state index contributed by atoms with van der Waals surface area (Å²) in [5, 5.41) is 9.12. The highest BCUT2D eigenvalue weighted by atomic mass is 16.4. The topological polar surface area (TPSA) is 53.4 Å². The lowest BCUT2D eigenvalue weighted by Gasteiger charge is -2.44. The van der Waals surface area contributed by atoms with Crippen LogP contribution < -0.4 is 0 Å². The monoisotopic (exact) mass is 248 g/mol. The lowest BCUT2D eigenvalue weighted by molar-refractivity contribution is -0.145. The Labute approximate surface area is 108 Å². The Balaban J connectivity index is 2.05. The highest BCUT2D eigenvalue weighted by Gasteiger charge is 2.37. The maximum Gasteiger partial charge on any atom is 0.306 e. The first-order chi connectivity index (χ1) is 8.49. The van der Waals surface area contributed by atoms with E-state index >= 15 is 0 Å². The summed E-state index contributed by atoms with van der Waals surface area (Å²) in [6, 6.07) is 5.91. The maximum atomic E-state index is 11.1. The zero-order valence-electron chi connectivity index (χ0n) is 11.0. The minimum atomic E-state index is -0.666. The Hall–Kier alpha value is -1.42. The van der Waals surface area contributed by atoms with Gasteiger partial charge in [-0.25, -0.2) is 0 Å². The predicted octanol–water partition coefficient (Wildman–Crippen LogP) is 2.16. The van der Waals surface area contributed by atoms with Gasteiger partial charge in [0.15, 0.2) is 0 Å². The highest BCUT2D eigenvalue weighted by Crippen LogP contribution is 2.32. The normalized spacial score (nSPS) is 23.8. The summed E-state index contributed by atoms with van der Waals surface area (Å²) in [6.07, 6.45) is 3.23. The third-order valence-corrected chi connectivity index (χ3v) is 3.78. The van der Waals surface area contributed by atoms with Crippen LogP contribution in [0.25, 0.3) is 0 Å². The Kier molecular flexibility index (Phi) is 3.66. The molecule has 0 aromatic carbocycles. The molecular weight excluding hydrogens is 228 g/mol. The van der Waals surface area contributed by atoms with E-state index in [-0.39, 0.29) is 11.5 Å². The third kappa shape index (κ3) is 2.88. The second-order valence-electron chi connectivity index (χ2n) is 5.58. The molecule has 2 heterocycles. The van der Waals surface area contributed by atoms with Crippen LogP contribution >= 0.6 is 0 Å². The van der Waals surface area contributed by atoms with Gasteiger partial charge in [0.05, 0.1) is 11.6 Å². The van der Waals surface area contributed by atoms with Gasteiger partial charge in [-0.15, -0.1) is 0 Å². The number of likely N-dealkylation sites (tertiary alicyclic amines) is 1. The van der Waals surface area contributed by atoms with Crippen molar-refractivity contribution in [3.63, 3.8) is 0 Å². The van der Waals surface area contributed by atoms with E-state index in [2.05, 4.69) is 23.7 Å². The van der Waals surface area contributed by atoms with Crippen molar-refractivity contribution in [2.75, 3.05) is 6.54 Å². The van der Waals surface area contributed by atoms with Crippen molar-refractivity contribution in [3.8, 4) is 0 Å². The molecule has 1 aromatic rings. The number of carbonyl (C=O) groups is 1. The van der Waals surface area contributed by atoms with E-state index in [1.807, 2.05) is 18.2 Å². The molecule has 1 N–H and O–H groups in total. The average Bonchev–Trinajstić information content (AvgIpc) is 2.32. The molecule has 1 atom stereocenters. The molecule has 0 bridgehead atoms. The van der Waals surface area contributed by atoms with E-state index in [4.69, 9.17) is 5.11 Å². The van der Waals surface area contributed by atoms with E-state index < -0.39 is 5.97 Å². The molecule has 98 valence electrons. The molecule has 4 heteroatoms. The summed E-state index contributed by atoms with van der Waals surface area (Å²) in [4.78, 5) is 17.7. The Morgan fingerprint density at radius 3 is 2.89 bits per heavy atom. The smallest absolute Gasteiger partial charge is 0.306 e. The second-order valence-corrected chi connectivity index (χ2v) is 5.58. The fraction of sp³-hybridized carbons (Fsp3) is 0.571. The van der Waals surface area contributed by atoms with Gasteiger partial charge in [0.1, 0.15) is 0 Å². The van der Waals surface area contributed by atoms with Gasteiger partial charge in [-0.1, -0.05) is 6.07 Å². The number of aromatic nitrogens is 1. The Morgan fingerprint density at radius 1 is 1.56 bits per heavy atom. The van der Waals surface area contributed by atoms with Gasteiger partial charge in [0, 0.05) is 18.3 Å². The van der Waals surface area contributed by atoms with Crippen molar-refractivity contribution in [2.45, 2.75) is 38.8 Å². The minimum absolute atomic E-state index is 0.0845. The summed E-state index contributed by atoms with van der Waals surface area (Å²) in [6.45, 7) is 5.84. The Bertz CT molecular complexity index is 417. The predicted molar refractivity (Wildman–Crippen MR) is 69.1 cm³/mol.